The zero-order chi connectivity index (χ0) is 22.0. The van der Waals surface area contributed by atoms with Gasteiger partial charge in [0.1, 0.15) is 18.6 Å². The average Bonchev–Trinajstić information content (AvgIpc) is 3.18. The molecule has 0 aliphatic carbocycles. The summed E-state index contributed by atoms with van der Waals surface area (Å²) in [6.07, 6.45) is 7.47. The number of piperidine rings is 1. The molecule has 3 aromatic rings. The minimum atomic E-state index is -0.981. The summed E-state index contributed by atoms with van der Waals surface area (Å²) in [6, 6.07) is 13.1. The number of rotatable bonds is 5. The average molecular weight is 436 g/mol. The molecule has 1 amide bonds. The first-order valence-electron chi connectivity index (χ1n) is 9.94. The zero-order valence-corrected chi connectivity index (χ0v) is 17.8. The van der Waals surface area contributed by atoms with Crippen molar-refractivity contribution in [2.45, 2.75) is 31.6 Å². The Labute approximate surface area is 185 Å². The topological polar surface area (TPSA) is 76.4 Å². The summed E-state index contributed by atoms with van der Waals surface area (Å²) >= 11 is 6.78. The zero-order valence-electron chi connectivity index (χ0n) is 17.0. The summed E-state index contributed by atoms with van der Waals surface area (Å²) in [7, 11) is 1.86. The van der Waals surface area contributed by atoms with Crippen molar-refractivity contribution in [2.24, 2.45) is 7.05 Å². The molecule has 0 bridgehead atoms. The number of halogens is 1. The van der Waals surface area contributed by atoms with E-state index in [-0.39, 0.29) is 11.8 Å². The summed E-state index contributed by atoms with van der Waals surface area (Å²) in [5.74, 6) is 2.93. The van der Waals surface area contributed by atoms with E-state index in [1.54, 1.807) is 4.68 Å². The molecule has 1 saturated heterocycles. The first-order valence-corrected chi connectivity index (χ1v) is 10.3. The van der Waals surface area contributed by atoms with Crippen LogP contribution in [0.25, 0.3) is 11.1 Å². The largest absolute Gasteiger partial charge is 0.487 e. The Bertz CT molecular complexity index is 1150. The third kappa shape index (κ3) is 4.43. The van der Waals surface area contributed by atoms with Gasteiger partial charge in [0, 0.05) is 36.7 Å². The molecule has 0 radical (unpaired) electrons. The van der Waals surface area contributed by atoms with Crippen LogP contribution in [0.5, 0.6) is 5.75 Å². The number of hydrogen-bond donors (Lipinski definition) is 2. The van der Waals surface area contributed by atoms with Gasteiger partial charge in [0.05, 0.1) is 10.7 Å². The van der Waals surface area contributed by atoms with Crippen molar-refractivity contribution in [2.75, 3.05) is 0 Å². The van der Waals surface area contributed by atoms with Crippen molar-refractivity contribution in [3.8, 4) is 29.2 Å². The number of carbonyl (C=O) groups is 1. The summed E-state index contributed by atoms with van der Waals surface area (Å²) in [5, 5.41) is 17.7. The number of carbonyl (C=O) groups excluding carboxylic acids is 1. The number of nitrogens with one attached hydrogen (secondary N) is 1. The van der Waals surface area contributed by atoms with E-state index >= 15 is 0 Å². The Hall–Kier alpha value is -3.27. The second-order valence-corrected chi connectivity index (χ2v) is 7.86. The van der Waals surface area contributed by atoms with E-state index in [0.29, 0.717) is 35.8 Å². The summed E-state index contributed by atoms with van der Waals surface area (Å²) < 4.78 is 7.53. The lowest BCUT2D eigenvalue weighted by molar-refractivity contribution is -0.127. The van der Waals surface area contributed by atoms with Gasteiger partial charge < -0.3 is 15.2 Å². The van der Waals surface area contributed by atoms with Crippen LogP contribution in [0.4, 0.5) is 0 Å². The number of aryl methyl sites for hydroxylation is 1. The molecule has 31 heavy (non-hydrogen) atoms. The molecule has 1 aliphatic rings. The molecule has 7 heteroatoms. The number of aromatic nitrogens is 2. The van der Waals surface area contributed by atoms with E-state index in [2.05, 4.69) is 16.3 Å². The fourth-order valence-electron chi connectivity index (χ4n) is 3.80. The first kappa shape index (κ1) is 21.0. The van der Waals surface area contributed by atoms with Crippen LogP contribution in [-0.4, -0.2) is 27.0 Å². The Balaban J connectivity index is 1.60. The smallest absolute Gasteiger partial charge is 0.222 e. The molecule has 158 valence electrons. The Morgan fingerprint density at radius 2 is 2.06 bits per heavy atom. The summed E-state index contributed by atoms with van der Waals surface area (Å²) in [4.78, 5) is 11.6. The molecular formula is C24H22ClN3O3. The monoisotopic (exact) mass is 435 g/mol. The van der Waals surface area contributed by atoms with Gasteiger partial charge in [-0.1, -0.05) is 35.7 Å². The van der Waals surface area contributed by atoms with E-state index in [0.717, 1.165) is 22.4 Å². The molecule has 4 rings (SSSR count). The van der Waals surface area contributed by atoms with Gasteiger partial charge >= 0.3 is 0 Å². The quantitative estimate of drug-likeness (QED) is 0.600. The van der Waals surface area contributed by atoms with Gasteiger partial charge in [-0.3, -0.25) is 9.48 Å². The molecule has 2 aromatic carbocycles. The van der Waals surface area contributed by atoms with E-state index in [1.165, 1.54) is 0 Å². The minimum absolute atomic E-state index is 0.165. The van der Waals surface area contributed by atoms with Gasteiger partial charge in [0.2, 0.25) is 5.91 Å². The van der Waals surface area contributed by atoms with Gasteiger partial charge in [0.15, 0.2) is 0 Å². The van der Waals surface area contributed by atoms with Gasteiger partial charge in [-0.05, 0) is 41.8 Å². The highest BCUT2D eigenvalue weighted by atomic mass is 35.5. The maximum absolute atomic E-state index is 11.6. The molecule has 1 aliphatic heterocycles. The first-order chi connectivity index (χ1) is 15.0. The number of aliphatic hydroxyl groups excluding tert-OH is 1. The van der Waals surface area contributed by atoms with Crippen LogP contribution in [0.1, 0.15) is 35.6 Å². The normalized spacial score (nSPS) is 18.3. The SMILES string of the molecule is C#Cc1ccc(C2CCC(=O)NC2O)c(Cl)c1-c1ccc(OCc2ccn(C)n2)cc1. The lowest BCUT2D eigenvalue weighted by atomic mass is 9.86. The third-order valence-corrected chi connectivity index (χ3v) is 5.80. The molecule has 1 aromatic heterocycles. The highest BCUT2D eigenvalue weighted by molar-refractivity contribution is 6.34. The highest BCUT2D eigenvalue weighted by Crippen LogP contribution is 2.40. The summed E-state index contributed by atoms with van der Waals surface area (Å²) in [6.45, 7) is 0.372. The number of amides is 1. The van der Waals surface area contributed by atoms with Crippen molar-refractivity contribution < 1.29 is 14.6 Å². The van der Waals surface area contributed by atoms with Gasteiger partial charge in [0.25, 0.3) is 0 Å². The number of ether oxygens (including phenoxy) is 1. The lowest BCUT2D eigenvalue weighted by Crippen LogP contribution is -2.43. The molecule has 2 N–H and O–H groups in total. The standard InChI is InChI=1S/C24H22ClN3O3/c1-3-15-6-9-19(20-10-11-21(29)26-24(20)30)23(25)22(15)16-4-7-18(8-5-16)31-14-17-12-13-28(2)27-17/h1,4-9,12-13,20,24,30H,10-11,14H2,2H3,(H,26,29). The predicted octanol–water partition coefficient (Wildman–Crippen LogP) is 3.61. The predicted molar refractivity (Wildman–Crippen MR) is 118 cm³/mol. The van der Waals surface area contributed by atoms with Crippen LogP contribution in [0, 0.1) is 12.3 Å². The fraction of sp³-hybridized carbons (Fsp3) is 0.250. The van der Waals surface area contributed by atoms with E-state index in [1.807, 2.05) is 55.7 Å². The molecule has 2 heterocycles. The number of aliphatic hydroxyl groups is 1. The van der Waals surface area contributed by atoms with E-state index in [9.17, 15) is 9.90 Å². The number of hydrogen-bond acceptors (Lipinski definition) is 4. The fourth-order valence-corrected chi connectivity index (χ4v) is 4.22. The van der Waals surface area contributed by atoms with Crippen LogP contribution in [0.3, 0.4) is 0 Å². The van der Waals surface area contributed by atoms with E-state index < -0.39 is 6.23 Å². The third-order valence-electron chi connectivity index (χ3n) is 5.40. The Kier molecular flexibility index (Phi) is 5.99. The van der Waals surface area contributed by atoms with Gasteiger partial charge in [-0.2, -0.15) is 5.10 Å². The summed E-state index contributed by atoms with van der Waals surface area (Å²) in [5.41, 5.74) is 3.83. The molecule has 1 fully saturated rings. The number of terminal acetylenes is 1. The van der Waals surface area contributed by atoms with Crippen molar-refractivity contribution in [1.82, 2.24) is 15.1 Å². The maximum atomic E-state index is 11.6. The van der Waals surface area contributed by atoms with Crippen molar-refractivity contribution >= 4 is 17.5 Å². The highest BCUT2D eigenvalue weighted by Gasteiger charge is 2.30. The molecule has 2 unspecified atom stereocenters. The maximum Gasteiger partial charge on any atom is 0.222 e. The van der Waals surface area contributed by atoms with Crippen LogP contribution in [0.15, 0.2) is 48.7 Å². The Morgan fingerprint density at radius 3 is 2.71 bits per heavy atom. The van der Waals surface area contributed by atoms with Crippen LogP contribution in [-0.2, 0) is 18.4 Å². The minimum Gasteiger partial charge on any atom is -0.487 e. The second-order valence-electron chi connectivity index (χ2n) is 7.49. The van der Waals surface area contributed by atoms with Gasteiger partial charge in [-0.25, -0.2) is 0 Å². The van der Waals surface area contributed by atoms with Crippen molar-refractivity contribution in [1.29, 1.82) is 0 Å². The Morgan fingerprint density at radius 1 is 1.29 bits per heavy atom. The number of benzene rings is 2. The van der Waals surface area contributed by atoms with E-state index in [4.69, 9.17) is 22.8 Å². The molecular weight excluding hydrogens is 414 g/mol. The van der Waals surface area contributed by atoms with Crippen molar-refractivity contribution in [3.05, 3.63) is 70.5 Å². The van der Waals surface area contributed by atoms with Gasteiger partial charge in [-0.15, -0.1) is 6.42 Å². The van der Waals surface area contributed by atoms with Crippen LogP contribution in [0.2, 0.25) is 5.02 Å². The molecule has 0 saturated carbocycles. The molecule has 0 spiro atoms. The van der Waals surface area contributed by atoms with Crippen LogP contribution >= 0.6 is 11.6 Å². The van der Waals surface area contributed by atoms with Crippen molar-refractivity contribution in [3.63, 3.8) is 0 Å². The van der Waals surface area contributed by atoms with Crippen LogP contribution < -0.4 is 10.1 Å². The molecule has 6 nitrogen and oxygen atoms in total. The second kappa shape index (κ2) is 8.84. The lowest BCUT2D eigenvalue weighted by Gasteiger charge is -2.30. The molecule has 2 atom stereocenters. The number of nitrogens with zero attached hydrogens (tertiary/aromatic N) is 2.